The summed E-state index contributed by atoms with van der Waals surface area (Å²) in [6.45, 7) is 13.0. The quantitative estimate of drug-likeness (QED) is 0.0962. The fourth-order valence-corrected chi connectivity index (χ4v) is 4.75. The van der Waals surface area contributed by atoms with Gasteiger partial charge in [0.2, 0.25) is 0 Å². The van der Waals surface area contributed by atoms with Crippen molar-refractivity contribution in [1.82, 2.24) is 0 Å². The monoisotopic (exact) mass is 648 g/mol. The number of carboxylic acid groups (broad SMARTS) is 2. The summed E-state index contributed by atoms with van der Waals surface area (Å²) in [5, 5.41) is 63.1. The highest BCUT2D eigenvalue weighted by atomic mass is 16.7. The lowest BCUT2D eigenvalue weighted by Gasteiger charge is -2.27. The van der Waals surface area contributed by atoms with E-state index in [9.17, 15) is 55.2 Å². The Balaban J connectivity index is 0.000000460. The highest BCUT2D eigenvalue weighted by Crippen LogP contribution is 2.42. The second-order valence-corrected chi connectivity index (χ2v) is 11.1. The van der Waals surface area contributed by atoms with Gasteiger partial charge in [-0.25, -0.2) is 9.59 Å². The first kappa shape index (κ1) is 38.5. The van der Waals surface area contributed by atoms with Crippen molar-refractivity contribution in [2.45, 2.75) is 85.7 Å². The molecule has 2 N–H and O–H groups in total. The van der Waals surface area contributed by atoms with Gasteiger partial charge in [0.1, 0.15) is 5.60 Å². The van der Waals surface area contributed by atoms with Gasteiger partial charge in [0.25, 0.3) is 22.7 Å². The van der Waals surface area contributed by atoms with Crippen LogP contribution in [0.15, 0.2) is 29.8 Å². The largest absolute Gasteiger partial charge is 0.506 e. The van der Waals surface area contributed by atoms with Crippen molar-refractivity contribution in [3.63, 3.8) is 0 Å². The number of benzene rings is 2. The Morgan fingerprint density at radius 3 is 1.52 bits per heavy atom. The summed E-state index contributed by atoms with van der Waals surface area (Å²) in [6, 6.07) is 4.10. The van der Waals surface area contributed by atoms with Crippen LogP contribution in [0.1, 0.15) is 102 Å². The van der Waals surface area contributed by atoms with E-state index in [-0.39, 0.29) is 28.5 Å². The molecule has 0 bridgehead atoms. The van der Waals surface area contributed by atoms with Crippen molar-refractivity contribution in [3.8, 4) is 0 Å². The Hall–Kier alpha value is -5.48. The van der Waals surface area contributed by atoms with Crippen LogP contribution in [0.25, 0.3) is 5.57 Å². The molecule has 0 heterocycles. The number of nitro groups is 4. The Bertz CT molecular complexity index is 1590. The van der Waals surface area contributed by atoms with Crippen molar-refractivity contribution >= 4 is 40.4 Å². The fourth-order valence-electron chi connectivity index (χ4n) is 4.75. The Morgan fingerprint density at radius 2 is 1.17 bits per heavy atom. The van der Waals surface area contributed by atoms with E-state index in [4.69, 9.17) is 9.84 Å². The zero-order valence-corrected chi connectivity index (χ0v) is 26.6. The summed E-state index contributed by atoms with van der Waals surface area (Å²) in [6.07, 6.45) is -0.465. The van der Waals surface area contributed by atoms with E-state index in [0.717, 1.165) is 12.1 Å². The fraction of sp³-hybridized carbons (Fsp3) is 0.448. The van der Waals surface area contributed by atoms with Gasteiger partial charge in [-0.3, -0.25) is 40.5 Å². The van der Waals surface area contributed by atoms with Gasteiger partial charge in [-0.2, -0.15) is 0 Å². The maximum atomic E-state index is 11.6. The molecule has 46 heavy (non-hydrogen) atoms. The average Bonchev–Trinajstić information content (AvgIpc) is 2.94. The molecule has 0 saturated carbocycles. The molecule has 0 amide bonds. The summed E-state index contributed by atoms with van der Waals surface area (Å²) >= 11 is 0. The van der Waals surface area contributed by atoms with E-state index in [1.807, 2.05) is 13.8 Å². The Labute approximate surface area is 263 Å². The number of allylic oxidation sites excluding steroid dienone is 1. The maximum absolute atomic E-state index is 11.6. The van der Waals surface area contributed by atoms with Crippen LogP contribution in [0.5, 0.6) is 0 Å². The lowest BCUT2D eigenvalue weighted by atomic mass is 9.84. The maximum Gasteiger partial charge on any atom is 0.506 e. The normalized spacial score (nSPS) is 12.1. The van der Waals surface area contributed by atoms with E-state index in [1.165, 1.54) is 39.8 Å². The summed E-state index contributed by atoms with van der Waals surface area (Å²) in [5.41, 5.74) is -2.65. The first-order valence-electron chi connectivity index (χ1n) is 13.9. The minimum atomic E-state index is -1.59. The number of carbonyl (C=O) groups is 2. The van der Waals surface area contributed by atoms with Crippen LogP contribution in [-0.2, 0) is 15.1 Å². The van der Waals surface area contributed by atoms with Gasteiger partial charge >= 0.3 is 12.1 Å². The van der Waals surface area contributed by atoms with Crippen LogP contribution in [0.3, 0.4) is 0 Å². The molecular weight excluding hydrogens is 612 g/mol. The van der Waals surface area contributed by atoms with Crippen molar-refractivity contribution < 1.29 is 44.2 Å². The number of nitro benzene ring substituents is 4. The van der Waals surface area contributed by atoms with E-state index in [0.29, 0.717) is 29.5 Å². The van der Waals surface area contributed by atoms with Crippen LogP contribution in [0.2, 0.25) is 0 Å². The molecule has 17 nitrogen and oxygen atoms in total. The molecule has 0 saturated heterocycles. The molecule has 17 heteroatoms. The molecule has 0 fully saturated rings. The highest BCUT2D eigenvalue weighted by Gasteiger charge is 2.38. The molecule has 2 unspecified atom stereocenters. The van der Waals surface area contributed by atoms with Crippen LogP contribution in [0.4, 0.5) is 27.5 Å². The smallest absolute Gasteiger partial charge is 0.478 e. The van der Waals surface area contributed by atoms with E-state index in [1.54, 1.807) is 13.8 Å². The zero-order chi connectivity index (χ0) is 35.8. The van der Waals surface area contributed by atoms with Gasteiger partial charge in [-0.15, -0.1) is 0 Å². The van der Waals surface area contributed by atoms with E-state index in [2.05, 4.69) is 0 Å². The zero-order valence-electron chi connectivity index (χ0n) is 26.6. The van der Waals surface area contributed by atoms with Gasteiger partial charge in [0, 0.05) is 12.1 Å². The summed E-state index contributed by atoms with van der Waals surface area (Å²) in [5.74, 6) is -1.82. The molecule has 0 aliphatic rings. The third-order valence-corrected chi connectivity index (χ3v) is 7.28. The molecule has 0 spiro atoms. The standard InChI is InChI=1S/C15H18N2O6.C14H18N2O7/c1-5-9(4)11-6-10(16(20)21)7-12(17(22)23)14(11)13(8(2)3)15(18)19;1-5-8(2)10-6-9(15(19)20)7-11(16(21)22)12(10)14(3,4)23-13(17)18/h6-7,9H,5H2,1-4H3,(H,18,19);6-8H,5H2,1-4H3,(H,17,18). The molecule has 250 valence electrons. The Kier molecular flexibility index (Phi) is 13.0. The van der Waals surface area contributed by atoms with Gasteiger partial charge in [0.15, 0.2) is 0 Å². The van der Waals surface area contributed by atoms with Gasteiger partial charge < -0.3 is 14.9 Å². The van der Waals surface area contributed by atoms with Crippen molar-refractivity contribution in [1.29, 1.82) is 0 Å². The number of hydrogen-bond acceptors (Lipinski definition) is 11. The SMILES string of the molecule is CCC(C)c1cc([N+](=O)[O-])cc([N+](=O)[O-])c1C(C(=O)O)=C(C)C.CCC(C)c1cc([N+](=O)[O-])cc([N+](=O)[O-])c1C(C)(C)OC(=O)O. The number of aliphatic carboxylic acids is 1. The average molecular weight is 649 g/mol. The van der Waals surface area contributed by atoms with Gasteiger partial charge in [0.05, 0.1) is 48.5 Å². The highest BCUT2D eigenvalue weighted by molar-refractivity contribution is 6.18. The second-order valence-electron chi connectivity index (χ2n) is 11.1. The van der Waals surface area contributed by atoms with Crippen LogP contribution in [0, 0.1) is 40.5 Å². The van der Waals surface area contributed by atoms with E-state index >= 15 is 0 Å². The molecule has 0 aliphatic heterocycles. The summed E-state index contributed by atoms with van der Waals surface area (Å²) in [7, 11) is 0. The van der Waals surface area contributed by atoms with Crippen LogP contribution < -0.4 is 0 Å². The number of non-ortho nitro benzene ring substituents is 2. The third-order valence-electron chi connectivity index (χ3n) is 7.28. The minimum absolute atomic E-state index is 0.0323. The first-order chi connectivity index (χ1) is 21.1. The number of carboxylic acids is 1. The van der Waals surface area contributed by atoms with Crippen LogP contribution in [-0.4, -0.2) is 42.0 Å². The van der Waals surface area contributed by atoms with Crippen molar-refractivity contribution in [2.75, 3.05) is 0 Å². The third kappa shape index (κ3) is 9.02. The summed E-state index contributed by atoms with van der Waals surface area (Å²) < 4.78 is 4.79. The molecule has 0 radical (unpaired) electrons. The molecule has 0 aromatic heterocycles. The topological polar surface area (TPSA) is 256 Å². The van der Waals surface area contributed by atoms with Crippen molar-refractivity contribution in [2.24, 2.45) is 0 Å². The van der Waals surface area contributed by atoms with E-state index < -0.39 is 60.2 Å². The first-order valence-corrected chi connectivity index (χ1v) is 13.9. The number of rotatable bonds is 12. The van der Waals surface area contributed by atoms with Crippen molar-refractivity contribution in [3.05, 3.63) is 92.5 Å². The molecule has 2 aromatic rings. The number of hydrogen-bond donors (Lipinski definition) is 2. The number of nitrogens with zero attached hydrogens (tertiary/aromatic N) is 4. The molecule has 2 atom stereocenters. The predicted molar refractivity (Wildman–Crippen MR) is 165 cm³/mol. The van der Waals surface area contributed by atoms with Crippen LogP contribution >= 0.6 is 0 Å². The van der Waals surface area contributed by atoms with Gasteiger partial charge in [-0.05, 0) is 63.5 Å². The lowest BCUT2D eigenvalue weighted by Crippen LogP contribution is -2.28. The lowest BCUT2D eigenvalue weighted by molar-refractivity contribution is -0.395. The molecule has 2 rings (SSSR count). The summed E-state index contributed by atoms with van der Waals surface area (Å²) in [4.78, 5) is 64.3. The predicted octanol–water partition coefficient (Wildman–Crippen LogP) is 7.84. The molecule has 2 aromatic carbocycles. The molecular formula is C29H36N4O13. The minimum Gasteiger partial charge on any atom is -0.478 e. The van der Waals surface area contributed by atoms with Gasteiger partial charge in [-0.1, -0.05) is 33.3 Å². The second kappa shape index (κ2) is 15.5. The number of ether oxygens (including phenoxy) is 1. The molecule has 0 aliphatic carbocycles. The Morgan fingerprint density at radius 1 is 0.761 bits per heavy atom.